The van der Waals surface area contributed by atoms with E-state index >= 15 is 0 Å². The lowest BCUT2D eigenvalue weighted by Crippen LogP contribution is -2.38. The third kappa shape index (κ3) is 5.13. The molecule has 1 aromatic heterocycles. The molecule has 0 saturated carbocycles. The van der Waals surface area contributed by atoms with Gasteiger partial charge in [-0.15, -0.1) is 0 Å². The van der Waals surface area contributed by atoms with Crippen LogP contribution in [0.15, 0.2) is 115 Å². The van der Waals surface area contributed by atoms with Crippen LogP contribution in [-0.4, -0.2) is 4.57 Å². The Morgan fingerprint density at radius 3 is 2.57 bits per heavy atom. The summed E-state index contributed by atoms with van der Waals surface area (Å²) in [5, 5.41) is 0.673. The Kier molecular flexibility index (Phi) is 7.53. The van der Waals surface area contributed by atoms with Gasteiger partial charge in [0.1, 0.15) is 12.4 Å². The Labute approximate surface area is 268 Å². The van der Waals surface area contributed by atoms with Crippen molar-refractivity contribution < 1.29 is 4.74 Å². The summed E-state index contributed by atoms with van der Waals surface area (Å²) in [6.07, 6.45) is 3.73. The van der Waals surface area contributed by atoms with Crippen LogP contribution in [0.3, 0.4) is 0 Å². The number of nitrogens with zero attached hydrogens (tertiary/aromatic N) is 2. The Balaban J connectivity index is 1.29. The van der Waals surface area contributed by atoms with Crippen LogP contribution in [0.1, 0.15) is 40.3 Å². The second-order valence-electron chi connectivity index (χ2n) is 10.2. The SMILES string of the molecule is O=c1/c(=C/c2ccc(OCc3ccccc3Cl)c(Br)c2)sc2n1[C@@H](c1ccc(Br)cc1)C1=C(N=2)c2ccccc2CC1. The Morgan fingerprint density at radius 1 is 0.976 bits per heavy atom. The maximum Gasteiger partial charge on any atom is 0.271 e. The van der Waals surface area contributed by atoms with Crippen LogP contribution < -0.4 is 19.6 Å². The number of rotatable bonds is 5. The Hall–Kier alpha value is -3.23. The molecule has 0 unspecified atom stereocenters. The molecule has 0 amide bonds. The summed E-state index contributed by atoms with van der Waals surface area (Å²) >= 11 is 14.9. The van der Waals surface area contributed by atoms with Crippen molar-refractivity contribution >= 4 is 66.6 Å². The van der Waals surface area contributed by atoms with E-state index in [0.29, 0.717) is 26.7 Å². The van der Waals surface area contributed by atoms with Crippen LogP contribution in [0, 0.1) is 0 Å². The number of aryl methyl sites for hydroxylation is 1. The molecule has 0 saturated heterocycles. The number of allylic oxidation sites excluding steroid dienone is 1. The average Bonchev–Trinajstić information content (AvgIpc) is 3.31. The van der Waals surface area contributed by atoms with Crippen LogP contribution in [0.4, 0.5) is 0 Å². The van der Waals surface area contributed by atoms with Crippen LogP contribution in [0.2, 0.25) is 5.02 Å². The summed E-state index contributed by atoms with van der Waals surface area (Å²) in [7, 11) is 0. The Bertz CT molecular complexity index is 2060. The number of halogens is 3. The highest BCUT2D eigenvalue weighted by Gasteiger charge is 2.32. The lowest BCUT2D eigenvalue weighted by Gasteiger charge is -2.30. The minimum atomic E-state index is -0.202. The first kappa shape index (κ1) is 27.6. The molecule has 1 aliphatic heterocycles. The molecular formula is C34H23Br2ClN2O2S. The van der Waals surface area contributed by atoms with Gasteiger partial charge in [-0.2, -0.15) is 0 Å². The quantitative estimate of drug-likeness (QED) is 0.185. The number of fused-ring (bicyclic) bond motifs is 3. The number of ether oxygens (including phenoxy) is 1. The van der Waals surface area contributed by atoms with Crippen LogP contribution >= 0.6 is 54.8 Å². The van der Waals surface area contributed by atoms with Gasteiger partial charge in [-0.05, 0) is 87.4 Å². The van der Waals surface area contributed by atoms with Gasteiger partial charge in [0.2, 0.25) is 0 Å². The standard InChI is InChI=1S/C34H23Br2ClN2O2S/c35-24-13-10-22(11-14-24)32-26-15-12-21-5-1-3-7-25(21)31(26)38-34-39(32)33(40)30(42-34)18-20-9-16-29(27(36)17-20)41-19-23-6-2-4-8-28(23)37/h1-11,13-14,16-18,32H,12,15,19H2/b30-18-/t32-/m0/s1. The Morgan fingerprint density at radius 2 is 1.76 bits per heavy atom. The molecule has 5 aromatic rings. The molecule has 1 aliphatic carbocycles. The molecule has 0 radical (unpaired) electrons. The summed E-state index contributed by atoms with van der Waals surface area (Å²) in [4.78, 5) is 19.9. The summed E-state index contributed by atoms with van der Waals surface area (Å²) in [5.74, 6) is 0.704. The third-order valence-electron chi connectivity index (χ3n) is 7.65. The molecule has 7 rings (SSSR count). The molecule has 8 heteroatoms. The fourth-order valence-corrected chi connectivity index (χ4v) is 7.58. The largest absolute Gasteiger partial charge is 0.488 e. The van der Waals surface area contributed by atoms with Crippen molar-refractivity contribution in [2.45, 2.75) is 25.5 Å². The molecule has 208 valence electrons. The second-order valence-corrected chi connectivity index (χ2v) is 13.4. The lowest BCUT2D eigenvalue weighted by atomic mass is 9.83. The molecular weight excluding hydrogens is 696 g/mol. The van der Waals surface area contributed by atoms with Crippen LogP contribution in [0.25, 0.3) is 11.8 Å². The minimum Gasteiger partial charge on any atom is -0.488 e. The van der Waals surface area contributed by atoms with E-state index < -0.39 is 0 Å². The molecule has 4 nitrogen and oxygen atoms in total. The van der Waals surface area contributed by atoms with E-state index in [1.807, 2.05) is 65.2 Å². The predicted molar refractivity (Wildman–Crippen MR) is 177 cm³/mol. The first-order valence-corrected chi connectivity index (χ1v) is 16.3. The van der Waals surface area contributed by atoms with E-state index in [9.17, 15) is 4.79 Å². The fourth-order valence-electron chi connectivity index (χ4n) is 5.61. The molecule has 0 spiro atoms. The van der Waals surface area contributed by atoms with Gasteiger partial charge >= 0.3 is 0 Å². The van der Waals surface area contributed by atoms with Gasteiger partial charge in [-0.3, -0.25) is 9.36 Å². The zero-order valence-corrected chi connectivity index (χ0v) is 26.9. The van der Waals surface area contributed by atoms with Crippen molar-refractivity contribution in [1.29, 1.82) is 0 Å². The maximum atomic E-state index is 14.0. The number of hydrogen-bond donors (Lipinski definition) is 0. The van der Waals surface area contributed by atoms with E-state index in [1.165, 1.54) is 22.5 Å². The normalized spacial score (nSPS) is 16.0. The van der Waals surface area contributed by atoms with E-state index in [-0.39, 0.29) is 11.6 Å². The van der Waals surface area contributed by atoms with E-state index in [1.54, 1.807) is 0 Å². The molecule has 2 aliphatic rings. The first-order chi connectivity index (χ1) is 20.5. The number of hydrogen-bond acceptors (Lipinski definition) is 4. The van der Waals surface area contributed by atoms with Crippen molar-refractivity contribution in [2.24, 2.45) is 4.99 Å². The van der Waals surface area contributed by atoms with E-state index in [2.05, 4.69) is 68.3 Å². The van der Waals surface area contributed by atoms with Crippen LogP contribution in [0.5, 0.6) is 5.75 Å². The molecule has 42 heavy (non-hydrogen) atoms. The monoisotopic (exact) mass is 716 g/mol. The predicted octanol–water partition coefficient (Wildman–Crippen LogP) is 8.08. The topological polar surface area (TPSA) is 43.6 Å². The smallest absolute Gasteiger partial charge is 0.271 e. The van der Waals surface area contributed by atoms with E-state index in [0.717, 1.165) is 49.7 Å². The minimum absolute atomic E-state index is 0.0350. The highest BCUT2D eigenvalue weighted by Crippen LogP contribution is 2.41. The zero-order valence-electron chi connectivity index (χ0n) is 22.2. The van der Waals surface area contributed by atoms with Gasteiger partial charge < -0.3 is 4.74 Å². The molecule has 0 bridgehead atoms. The second kappa shape index (κ2) is 11.5. The first-order valence-electron chi connectivity index (χ1n) is 13.5. The van der Waals surface area contributed by atoms with Gasteiger partial charge in [0, 0.05) is 20.6 Å². The van der Waals surface area contributed by atoms with Gasteiger partial charge in [0.15, 0.2) is 4.80 Å². The van der Waals surface area contributed by atoms with E-state index in [4.69, 9.17) is 21.3 Å². The zero-order chi connectivity index (χ0) is 28.8. The molecule has 0 fully saturated rings. The van der Waals surface area contributed by atoms with Crippen molar-refractivity contribution in [3.8, 4) is 5.75 Å². The number of benzene rings is 4. The molecule has 2 heterocycles. The average molecular weight is 719 g/mol. The summed E-state index contributed by atoms with van der Waals surface area (Å²) in [5.41, 5.74) is 7.51. The lowest BCUT2D eigenvalue weighted by molar-refractivity contribution is 0.304. The highest BCUT2D eigenvalue weighted by atomic mass is 79.9. The van der Waals surface area contributed by atoms with Gasteiger partial charge in [-0.1, -0.05) is 99.5 Å². The number of thiazole rings is 1. The van der Waals surface area contributed by atoms with Gasteiger partial charge in [0.25, 0.3) is 5.56 Å². The van der Waals surface area contributed by atoms with Crippen molar-refractivity contribution in [3.63, 3.8) is 0 Å². The summed E-state index contributed by atoms with van der Waals surface area (Å²) in [6, 6.07) is 30.0. The molecule has 1 atom stereocenters. The third-order valence-corrected chi connectivity index (χ3v) is 10.2. The summed E-state index contributed by atoms with van der Waals surface area (Å²) < 4.78 is 10.3. The summed E-state index contributed by atoms with van der Waals surface area (Å²) in [6.45, 7) is 0.361. The highest BCUT2D eigenvalue weighted by molar-refractivity contribution is 9.10. The molecule has 0 N–H and O–H groups in total. The van der Waals surface area contributed by atoms with Crippen molar-refractivity contribution in [2.75, 3.05) is 0 Å². The van der Waals surface area contributed by atoms with Gasteiger partial charge in [-0.25, -0.2) is 4.99 Å². The van der Waals surface area contributed by atoms with Crippen LogP contribution in [-0.2, 0) is 13.0 Å². The fraction of sp³-hybridized carbons (Fsp3) is 0.118. The van der Waals surface area contributed by atoms with Crippen molar-refractivity contribution in [1.82, 2.24) is 4.57 Å². The van der Waals surface area contributed by atoms with Gasteiger partial charge in [0.05, 0.1) is 20.7 Å². The number of aromatic nitrogens is 1. The van der Waals surface area contributed by atoms with Crippen molar-refractivity contribution in [3.05, 3.63) is 158 Å². The maximum absolute atomic E-state index is 14.0. The molecule has 4 aromatic carbocycles.